The zero-order chi connectivity index (χ0) is 32.6. The fourth-order valence-electron chi connectivity index (χ4n) is 5.02. The first-order valence-electron chi connectivity index (χ1n) is 15.5. The predicted molar refractivity (Wildman–Crippen MR) is 175 cm³/mol. The van der Waals surface area contributed by atoms with Crippen LogP contribution in [0.2, 0.25) is 0 Å². The van der Waals surface area contributed by atoms with Crippen LogP contribution in [0.5, 0.6) is 11.5 Å². The van der Waals surface area contributed by atoms with E-state index in [0.29, 0.717) is 44.3 Å². The Morgan fingerprint density at radius 2 is 1.81 bits per heavy atom. The molecule has 12 nitrogen and oxygen atoms in total. The van der Waals surface area contributed by atoms with Gasteiger partial charge < -0.3 is 34.5 Å². The molecule has 2 N–H and O–H groups in total. The number of aromatic nitrogens is 2. The molecule has 1 saturated carbocycles. The Morgan fingerprint density at radius 3 is 2.55 bits per heavy atom. The van der Waals surface area contributed by atoms with Crippen molar-refractivity contribution < 1.29 is 32.9 Å². The normalized spacial score (nSPS) is 15.1. The summed E-state index contributed by atoms with van der Waals surface area (Å²) in [7, 11) is 1.61. The Bertz CT molecular complexity index is 1680. The summed E-state index contributed by atoms with van der Waals surface area (Å²) in [6.07, 6.45) is 5.11. The Kier molecular flexibility index (Phi) is 10.7. The van der Waals surface area contributed by atoms with E-state index in [1.807, 2.05) is 18.3 Å². The Balaban J connectivity index is 1.01. The molecule has 2 fully saturated rings. The van der Waals surface area contributed by atoms with Crippen molar-refractivity contribution in [2.24, 2.45) is 0 Å². The molecule has 0 spiro atoms. The van der Waals surface area contributed by atoms with Crippen LogP contribution in [0, 0.1) is 5.82 Å². The number of halogens is 1. The highest BCUT2D eigenvalue weighted by Gasteiger charge is 2.24. The number of fused-ring (bicyclic) bond motifs is 1. The molecular formula is C33H37FN6O6S. The summed E-state index contributed by atoms with van der Waals surface area (Å²) in [5.41, 5.74) is 2.94. The molecule has 1 aliphatic carbocycles. The van der Waals surface area contributed by atoms with E-state index in [-0.39, 0.29) is 30.5 Å². The van der Waals surface area contributed by atoms with E-state index >= 15 is 0 Å². The number of carbonyl (C=O) groups is 2. The molecule has 3 aromatic heterocycles. The van der Waals surface area contributed by atoms with Crippen LogP contribution >= 0.6 is 11.3 Å². The molecule has 0 unspecified atom stereocenters. The second kappa shape index (κ2) is 15.5. The highest BCUT2D eigenvalue weighted by molar-refractivity contribution is 7.22. The maximum atomic E-state index is 14.9. The lowest BCUT2D eigenvalue weighted by atomic mass is 10.2. The predicted octanol–water partition coefficient (Wildman–Crippen LogP) is 5.49. The van der Waals surface area contributed by atoms with Gasteiger partial charge in [0.05, 0.1) is 40.6 Å². The van der Waals surface area contributed by atoms with Gasteiger partial charge in [-0.1, -0.05) is 6.07 Å². The third kappa shape index (κ3) is 8.92. The van der Waals surface area contributed by atoms with Gasteiger partial charge in [0.2, 0.25) is 0 Å². The van der Waals surface area contributed by atoms with Crippen LogP contribution in [-0.2, 0) is 20.8 Å². The van der Waals surface area contributed by atoms with Crippen molar-refractivity contribution in [2.45, 2.75) is 25.4 Å². The van der Waals surface area contributed by atoms with Crippen molar-refractivity contribution >= 4 is 39.4 Å². The number of thiophene rings is 1. The van der Waals surface area contributed by atoms with Gasteiger partial charge in [0.25, 0.3) is 0 Å². The van der Waals surface area contributed by atoms with E-state index < -0.39 is 5.82 Å². The Hall–Kier alpha value is -4.37. The van der Waals surface area contributed by atoms with E-state index in [2.05, 4.69) is 26.6 Å². The number of nitrogens with zero attached hydrogens (tertiary/aromatic N) is 4. The Morgan fingerprint density at radius 1 is 0.979 bits per heavy atom. The highest BCUT2D eigenvalue weighted by atomic mass is 32.1. The number of carbonyl (C=O) groups excluding carboxylic acids is 2. The summed E-state index contributed by atoms with van der Waals surface area (Å²) >= 11 is 1.47. The number of amides is 3. The molecule has 1 aromatic carbocycles. The largest absolute Gasteiger partial charge is 0.453 e. The minimum atomic E-state index is -0.589. The molecule has 4 aromatic rings. The lowest BCUT2D eigenvalue weighted by Crippen LogP contribution is -2.48. The summed E-state index contributed by atoms with van der Waals surface area (Å²) in [4.78, 5) is 38.4. The minimum absolute atomic E-state index is 0.0455. The maximum absolute atomic E-state index is 14.9. The molecule has 0 radical (unpaired) electrons. The van der Waals surface area contributed by atoms with Crippen LogP contribution in [0.4, 0.5) is 19.7 Å². The van der Waals surface area contributed by atoms with Gasteiger partial charge in [0.1, 0.15) is 12.4 Å². The zero-order valence-corrected chi connectivity index (χ0v) is 26.9. The number of benzene rings is 1. The van der Waals surface area contributed by atoms with Crippen molar-refractivity contribution in [2.75, 3.05) is 65.0 Å². The maximum Gasteiger partial charge on any atom is 0.409 e. The van der Waals surface area contributed by atoms with Crippen LogP contribution in [0.15, 0.2) is 54.9 Å². The number of piperazine rings is 1. The monoisotopic (exact) mass is 664 g/mol. The summed E-state index contributed by atoms with van der Waals surface area (Å²) in [6, 6.07) is 11.9. The molecule has 14 heteroatoms. The third-order valence-electron chi connectivity index (χ3n) is 7.70. The first kappa shape index (κ1) is 32.6. The molecule has 6 rings (SSSR count). The molecule has 248 valence electrons. The van der Waals surface area contributed by atoms with Crippen molar-refractivity contribution in [3.05, 3.63) is 66.2 Å². The van der Waals surface area contributed by atoms with E-state index in [1.165, 1.54) is 23.5 Å². The average Bonchev–Trinajstić information content (AvgIpc) is 3.78. The van der Waals surface area contributed by atoms with Gasteiger partial charge in [-0.05, 0) is 42.7 Å². The van der Waals surface area contributed by atoms with Crippen molar-refractivity contribution in [3.8, 4) is 22.1 Å². The summed E-state index contributed by atoms with van der Waals surface area (Å²) in [6.45, 7) is 4.94. The fourth-order valence-corrected chi connectivity index (χ4v) is 6.06. The fraction of sp³-hybridized carbons (Fsp3) is 0.394. The molecule has 4 heterocycles. The van der Waals surface area contributed by atoms with Gasteiger partial charge in [-0.15, -0.1) is 11.3 Å². The van der Waals surface area contributed by atoms with Gasteiger partial charge in [-0.3, -0.25) is 14.9 Å². The minimum Gasteiger partial charge on any atom is -0.453 e. The number of urea groups is 1. The van der Waals surface area contributed by atoms with E-state index in [0.717, 1.165) is 58.8 Å². The number of methoxy groups -OCH3 is 1. The molecule has 47 heavy (non-hydrogen) atoms. The van der Waals surface area contributed by atoms with Crippen LogP contribution in [0.25, 0.3) is 20.8 Å². The zero-order valence-electron chi connectivity index (χ0n) is 26.1. The van der Waals surface area contributed by atoms with Gasteiger partial charge in [0.15, 0.2) is 11.6 Å². The molecule has 3 amide bonds. The number of anilines is 1. The number of pyridine rings is 2. The first-order valence-corrected chi connectivity index (χ1v) is 16.4. The SMILES string of the molecule is COCCOCCOC(=O)N1CCN(Cc2ccc(-c3cc4nccc(Oc5ccc(NC(=O)NC6CC6)cc5F)c4s3)nc2)CC1. The number of hydrogen-bond acceptors (Lipinski definition) is 10. The van der Waals surface area contributed by atoms with Crippen LogP contribution in [0.1, 0.15) is 18.4 Å². The molecule has 1 aliphatic heterocycles. The smallest absolute Gasteiger partial charge is 0.409 e. The number of nitrogens with one attached hydrogen (secondary N) is 2. The van der Waals surface area contributed by atoms with Crippen molar-refractivity contribution in [1.82, 2.24) is 25.1 Å². The first-order chi connectivity index (χ1) is 22.9. The standard InChI is InChI=1S/C33H37FN6O6S/c1-43-14-15-44-16-17-45-33(42)40-12-10-39(11-13-40)21-22-2-6-26(36-20-22)30-19-27-31(47-30)29(8-9-35-27)46-28-7-5-24(18-25(28)34)38-32(41)37-23-3-4-23/h2,5-9,18-20,23H,3-4,10-17,21H2,1H3,(H2,37,38,41). The summed E-state index contributed by atoms with van der Waals surface area (Å²) in [5, 5.41) is 5.46. The van der Waals surface area contributed by atoms with Crippen LogP contribution < -0.4 is 15.4 Å². The summed E-state index contributed by atoms with van der Waals surface area (Å²) in [5.74, 6) is -0.0643. The third-order valence-corrected chi connectivity index (χ3v) is 8.86. The van der Waals surface area contributed by atoms with Crippen molar-refractivity contribution in [3.63, 3.8) is 0 Å². The highest BCUT2D eigenvalue weighted by Crippen LogP contribution is 2.39. The van der Waals surface area contributed by atoms with Crippen molar-refractivity contribution in [1.29, 1.82) is 0 Å². The molecule has 0 bridgehead atoms. The second-order valence-corrected chi connectivity index (χ2v) is 12.3. The quantitative estimate of drug-likeness (QED) is 0.178. The number of rotatable bonds is 13. The molecular weight excluding hydrogens is 627 g/mol. The topological polar surface area (TPSA) is 127 Å². The van der Waals surface area contributed by atoms with Gasteiger partial charge in [-0.2, -0.15) is 0 Å². The van der Waals surface area contributed by atoms with Gasteiger partial charge in [0, 0.05) is 76.1 Å². The van der Waals surface area contributed by atoms with E-state index in [1.54, 1.807) is 30.3 Å². The van der Waals surface area contributed by atoms with Crippen LogP contribution in [-0.4, -0.2) is 97.7 Å². The lowest BCUT2D eigenvalue weighted by Gasteiger charge is -2.34. The van der Waals surface area contributed by atoms with E-state index in [9.17, 15) is 14.0 Å². The van der Waals surface area contributed by atoms with Crippen LogP contribution in [0.3, 0.4) is 0 Å². The Labute approximate surface area is 275 Å². The molecule has 1 saturated heterocycles. The second-order valence-electron chi connectivity index (χ2n) is 11.3. The molecule has 2 aliphatic rings. The van der Waals surface area contributed by atoms with Gasteiger partial charge in [-0.25, -0.2) is 14.0 Å². The average molecular weight is 665 g/mol. The summed E-state index contributed by atoms with van der Waals surface area (Å²) < 4.78 is 37.2. The lowest BCUT2D eigenvalue weighted by molar-refractivity contribution is 0.0274. The number of ether oxygens (including phenoxy) is 4. The van der Waals surface area contributed by atoms with Gasteiger partial charge >= 0.3 is 12.1 Å². The van der Waals surface area contributed by atoms with E-state index in [4.69, 9.17) is 23.9 Å². The number of hydrogen-bond donors (Lipinski definition) is 2. The molecule has 0 atom stereocenters.